The number of nitrogens with one attached hydrogen (secondary N) is 1. The normalized spacial score (nSPS) is 14.8. The van der Waals surface area contributed by atoms with Crippen molar-refractivity contribution >= 4 is 17.4 Å². The predicted octanol–water partition coefficient (Wildman–Crippen LogP) is 3.56. The van der Waals surface area contributed by atoms with Gasteiger partial charge in [-0.3, -0.25) is 15.0 Å². The zero-order valence-electron chi connectivity index (χ0n) is 15.6. The second-order valence-corrected chi connectivity index (χ2v) is 6.92. The van der Waals surface area contributed by atoms with E-state index in [9.17, 15) is 14.9 Å². The van der Waals surface area contributed by atoms with Crippen LogP contribution in [-0.2, 0) is 6.54 Å². The zero-order chi connectivity index (χ0) is 19.4. The third-order valence-corrected chi connectivity index (χ3v) is 4.97. The van der Waals surface area contributed by atoms with E-state index in [1.54, 1.807) is 17.0 Å². The second kappa shape index (κ2) is 8.18. The minimum Gasteiger partial charge on any atom is -0.322 e. The maximum Gasteiger partial charge on any atom is 0.321 e. The smallest absolute Gasteiger partial charge is 0.321 e. The molecule has 1 heterocycles. The number of aryl methyl sites for hydroxylation is 2. The van der Waals surface area contributed by atoms with Crippen LogP contribution in [0.1, 0.15) is 16.7 Å². The van der Waals surface area contributed by atoms with Crippen LogP contribution in [-0.4, -0.2) is 46.9 Å². The zero-order valence-corrected chi connectivity index (χ0v) is 15.6. The van der Waals surface area contributed by atoms with E-state index in [-0.39, 0.29) is 11.7 Å². The van der Waals surface area contributed by atoms with Crippen molar-refractivity contribution in [3.63, 3.8) is 0 Å². The van der Waals surface area contributed by atoms with Crippen molar-refractivity contribution in [3.05, 3.63) is 69.3 Å². The molecule has 2 aromatic carbocycles. The fourth-order valence-corrected chi connectivity index (χ4v) is 3.14. The molecule has 0 saturated carbocycles. The number of rotatable bonds is 4. The van der Waals surface area contributed by atoms with Crippen molar-refractivity contribution in [2.75, 3.05) is 31.5 Å². The Morgan fingerprint density at radius 2 is 1.70 bits per heavy atom. The number of hydrogen-bond donors (Lipinski definition) is 1. The molecule has 0 bridgehead atoms. The summed E-state index contributed by atoms with van der Waals surface area (Å²) in [5.74, 6) is 0. The summed E-state index contributed by atoms with van der Waals surface area (Å²) in [5.41, 5.74) is 4.46. The molecule has 7 nitrogen and oxygen atoms in total. The van der Waals surface area contributed by atoms with Gasteiger partial charge < -0.3 is 10.2 Å². The summed E-state index contributed by atoms with van der Waals surface area (Å²) in [6.07, 6.45) is 0. The summed E-state index contributed by atoms with van der Waals surface area (Å²) in [7, 11) is 0. The lowest BCUT2D eigenvalue weighted by molar-refractivity contribution is -0.384. The first-order chi connectivity index (χ1) is 12.9. The second-order valence-electron chi connectivity index (χ2n) is 6.92. The average molecular weight is 368 g/mol. The first-order valence-electron chi connectivity index (χ1n) is 9.01. The van der Waals surface area contributed by atoms with Gasteiger partial charge in [0.25, 0.3) is 5.69 Å². The van der Waals surface area contributed by atoms with E-state index < -0.39 is 4.92 Å². The highest BCUT2D eigenvalue weighted by atomic mass is 16.6. The molecule has 27 heavy (non-hydrogen) atoms. The Kier molecular flexibility index (Phi) is 5.71. The number of nitro benzene ring substituents is 1. The van der Waals surface area contributed by atoms with Crippen LogP contribution in [0.3, 0.4) is 0 Å². The van der Waals surface area contributed by atoms with Gasteiger partial charge in [-0.1, -0.05) is 18.2 Å². The van der Waals surface area contributed by atoms with E-state index in [1.807, 2.05) is 0 Å². The highest BCUT2D eigenvalue weighted by molar-refractivity contribution is 5.89. The molecule has 1 saturated heterocycles. The lowest BCUT2D eigenvalue weighted by atomic mass is 10.1. The number of urea groups is 1. The minimum absolute atomic E-state index is 0.00737. The fourth-order valence-electron chi connectivity index (χ4n) is 3.14. The Labute approximate surface area is 158 Å². The van der Waals surface area contributed by atoms with Crippen molar-refractivity contribution in [1.29, 1.82) is 0 Å². The number of anilines is 1. The van der Waals surface area contributed by atoms with Gasteiger partial charge in [0.15, 0.2) is 0 Å². The van der Waals surface area contributed by atoms with E-state index in [2.05, 4.69) is 42.3 Å². The fraction of sp³-hybridized carbons (Fsp3) is 0.350. The van der Waals surface area contributed by atoms with Crippen LogP contribution in [0, 0.1) is 24.0 Å². The Morgan fingerprint density at radius 3 is 2.30 bits per heavy atom. The molecule has 142 valence electrons. The Bertz CT molecular complexity index is 828. The third-order valence-electron chi connectivity index (χ3n) is 4.97. The van der Waals surface area contributed by atoms with Crippen molar-refractivity contribution in [1.82, 2.24) is 9.80 Å². The van der Waals surface area contributed by atoms with Crippen LogP contribution >= 0.6 is 0 Å². The molecular formula is C20H24N4O3. The molecule has 1 fully saturated rings. The van der Waals surface area contributed by atoms with E-state index >= 15 is 0 Å². The topological polar surface area (TPSA) is 78.7 Å². The molecule has 2 amide bonds. The van der Waals surface area contributed by atoms with Crippen molar-refractivity contribution in [2.45, 2.75) is 20.4 Å². The lowest BCUT2D eigenvalue weighted by Gasteiger charge is -2.34. The van der Waals surface area contributed by atoms with Gasteiger partial charge in [-0.05, 0) is 42.7 Å². The van der Waals surface area contributed by atoms with E-state index in [0.717, 1.165) is 19.6 Å². The number of nitro groups is 1. The largest absolute Gasteiger partial charge is 0.322 e. The molecule has 1 aliphatic rings. The number of carbonyl (C=O) groups excluding carboxylic acids is 1. The van der Waals surface area contributed by atoms with Gasteiger partial charge in [-0.15, -0.1) is 0 Å². The van der Waals surface area contributed by atoms with E-state index in [1.165, 1.54) is 28.8 Å². The molecule has 0 atom stereocenters. The molecule has 2 aromatic rings. The van der Waals surface area contributed by atoms with Gasteiger partial charge >= 0.3 is 6.03 Å². The highest BCUT2D eigenvalue weighted by Gasteiger charge is 2.21. The number of amides is 2. The lowest BCUT2D eigenvalue weighted by Crippen LogP contribution is -2.49. The van der Waals surface area contributed by atoms with Gasteiger partial charge in [-0.25, -0.2) is 4.79 Å². The van der Waals surface area contributed by atoms with Crippen molar-refractivity contribution in [2.24, 2.45) is 0 Å². The van der Waals surface area contributed by atoms with Crippen LogP contribution < -0.4 is 5.32 Å². The van der Waals surface area contributed by atoms with Gasteiger partial charge in [0.2, 0.25) is 0 Å². The Hall–Kier alpha value is -2.93. The van der Waals surface area contributed by atoms with Crippen LogP contribution in [0.5, 0.6) is 0 Å². The molecule has 0 aliphatic carbocycles. The van der Waals surface area contributed by atoms with Gasteiger partial charge in [0.05, 0.1) is 4.92 Å². The molecule has 0 unspecified atom stereocenters. The first kappa shape index (κ1) is 18.8. The summed E-state index contributed by atoms with van der Waals surface area (Å²) in [4.78, 5) is 26.7. The number of benzene rings is 2. The molecule has 1 N–H and O–H groups in total. The molecule has 0 aromatic heterocycles. The number of nitrogens with zero attached hydrogens (tertiary/aromatic N) is 3. The number of piperazine rings is 1. The summed E-state index contributed by atoms with van der Waals surface area (Å²) in [5, 5.41) is 13.5. The van der Waals surface area contributed by atoms with Gasteiger partial charge in [-0.2, -0.15) is 0 Å². The summed E-state index contributed by atoms with van der Waals surface area (Å²) in [6.45, 7) is 8.08. The number of non-ortho nitro benzene ring substituents is 1. The minimum atomic E-state index is -0.458. The molecular weight excluding hydrogens is 344 g/mol. The molecule has 0 spiro atoms. The van der Waals surface area contributed by atoms with E-state index in [0.29, 0.717) is 18.8 Å². The van der Waals surface area contributed by atoms with E-state index in [4.69, 9.17) is 0 Å². The average Bonchev–Trinajstić information content (AvgIpc) is 2.66. The molecule has 7 heteroatoms. The van der Waals surface area contributed by atoms with Crippen LogP contribution in [0.15, 0.2) is 42.5 Å². The number of hydrogen-bond acceptors (Lipinski definition) is 4. The molecule has 3 rings (SSSR count). The SMILES string of the molecule is Cc1ccc(CN2CCN(C(=O)Nc3ccc([N+](=O)[O-])cc3)CC2)cc1C. The maximum atomic E-state index is 12.4. The van der Waals surface area contributed by atoms with Crippen LogP contribution in [0.2, 0.25) is 0 Å². The predicted molar refractivity (Wildman–Crippen MR) is 105 cm³/mol. The Morgan fingerprint density at radius 1 is 1.04 bits per heavy atom. The maximum absolute atomic E-state index is 12.4. The van der Waals surface area contributed by atoms with Gasteiger partial charge in [0, 0.05) is 50.5 Å². The highest BCUT2D eigenvalue weighted by Crippen LogP contribution is 2.17. The quantitative estimate of drug-likeness (QED) is 0.661. The van der Waals surface area contributed by atoms with Crippen LogP contribution in [0.25, 0.3) is 0 Å². The molecule has 0 radical (unpaired) electrons. The first-order valence-corrected chi connectivity index (χ1v) is 9.01. The summed E-state index contributed by atoms with van der Waals surface area (Å²) in [6, 6.07) is 12.2. The molecule has 1 aliphatic heterocycles. The standard InChI is InChI=1S/C20H24N4O3/c1-15-3-4-17(13-16(15)2)14-22-9-11-23(12-10-22)20(25)21-18-5-7-19(8-6-18)24(26)27/h3-8,13H,9-12,14H2,1-2H3,(H,21,25). The summed E-state index contributed by atoms with van der Waals surface area (Å²) >= 11 is 0. The Balaban J connectivity index is 1.50. The van der Waals surface area contributed by atoms with Crippen molar-refractivity contribution in [3.8, 4) is 0 Å². The third kappa shape index (κ3) is 4.83. The monoisotopic (exact) mass is 368 g/mol. The summed E-state index contributed by atoms with van der Waals surface area (Å²) < 4.78 is 0. The van der Waals surface area contributed by atoms with Crippen molar-refractivity contribution < 1.29 is 9.72 Å². The van der Waals surface area contributed by atoms with Crippen LogP contribution in [0.4, 0.5) is 16.2 Å². The van der Waals surface area contributed by atoms with Gasteiger partial charge in [0.1, 0.15) is 0 Å². The number of carbonyl (C=O) groups is 1.